The van der Waals surface area contributed by atoms with Crippen LogP contribution < -0.4 is 5.11 Å². The van der Waals surface area contributed by atoms with Crippen LogP contribution in [0.5, 0.6) is 0 Å². The summed E-state index contributed by atoms with van der Waals surface area (Å²) in [5.74, 6) is -0.911. The number of unbranched alkanes of at least 4 members (excludes halogenated alkanes) is 7. The van der Waals surface area contributed by atoms with Gasteiger partial charge in [0.2, 0.25) is 0 Å². The SMILES string of the molecule is CCCCCCCCCCC(=O)[O-]. The summed E-state index contributed by atoms with van der Waals surface area (Å²) < 4.78 is 0. The Morgan fingerprint density at radius 1 is 0.923 bits per heavy atom. The molecule has 0 saturated carbocycles. The fourth-order valence-corrected chi connectivity index (χ4v) is 1.40. The molecule has 0 rings (SSSR count). The van der Waals surface area contributed by atoms with Crippen molar-refractivity contribution in [1.29, 1.82) is 0 Å². The van der Waals surface area contributed by atoms with Gasteiger partial charge in [0.15, 0.2) is 0 Å². The van der Waals surface area contributed by atoms with Gasteiger partial charge in [0.25, 0.3) is 0 Å². The van der Waals surface area contributed by atoms with Gasteiger partial charge in [-0.1, -0.05) is 51.9 Å². The van der Waals surface area contributed by atoms with E-state index in [0.29, 0.717) is 0 Å². The molecule has 0 bridgehead atoms. The fourth-order valence-electron chi connectivity index (χ4n) is 1.40. The molecular weight excluding hydrogens is 164 g/mol. The summed E-state index contributed by atoms with van der Waals surface area (Å²) in [6.45, 7) is 2.21. The standard InChI is InChI=1S/C11H22O2/c1-2-3-4-5-6-7-8-9-10-11(12)13/h2-10H2,1H3,(H,12,13)/p-1. The summed E-state index contributed by atoms with van der Waals surface area (Å²) in [5, 5.41) is 10.1. The molecule has 0 heterocycles. The van der Waals surface area contributed by atoms with Gasteiger partial charge in [-0.3, -0.25) is 0 Å². The third-order valence-corrected chi connectivity index (χ3v) is 2.23. The zero-order valence-corrected chi connectivity index (χ0v) is 8.68. The van der Waals surface area contributed by atoms with Crippen molar-refractivity contribution < 1.29 is 9.90 Å². The van der Waals surface area contributed by atoms with E-state index in [0.717, 1.165) is 12.8 Å². The molecule has 0 aromatic heterocycles. The van der Waals surface area contributed by atoms with E-state index in [1.807, 2.05) is 0 Å². The number of carboxylic acids is 1. The Morgan fingerprint density at radius 3 is 1.85 bits per heavy atom. The molecule has 0 saturated heterocycles. The van der Waals surface area contributed by atoms with Crippen LogP contribution in [0, 0.1) is 0 Å². The maximum Gasteiger partial charge on any atom is 0.0414 e. The van der Waals surface area contributed by atoms with Crippen molar-refractivity contribution in [3.05, 3.63) is 0 Å². The van der Waals surface area contributed by atoms with Crippen LogP contribution in [-0.2, 0) is 4.79 Å². The van der Waals surface area contributed by atoms with E-state index in [1.165, 1.54) is 38.5 Å². The first-order valence-electron chi connectivity index (χ1n) is 5.47. The third kappa shape index (κ3) is 11.5. The molecule has 0 amide bonds. The van der Waals surface area contributed by atoms with E-state index < -0.39 is 5.97 Å². The number of carbonyl (C=O) groups is 1. The summed E-state index contributed by atoms with van der Waals surface area (Å²) >= 11 is 0. The smallest absolute Gasteiger partial charge is 0.0414 e. The second-order valence-corrected chi connectivity index (χ2v) is 3.60. The lowest BCUT2D eigenvalue weighted by atomic mass is 10.1. The minimum absolute atomic E-state index is 0.231. The van der Waals surface area contributed by atoms with Gasteiger partial charge in [-0.25, -0.2) is 0 Å². The van der Waals surface area contributed by atoms with Crippen molar-refractivity contribution in [2.45, 2.75) is 64.7 Å². The van der Waals surface area contributed by atoms with Gasteiger partial charge < -0.3 is 9.90 Å². The van der Waals surface area contributed by atoms with Gasteiger partial charge in [-0.05, 0) is 12.8 Å². The molecule has 78 valence electrons. The topological polar surface area (TPSA) is 40.1 Å². The van der Waals surface area contributed by atoms with E-state index >= 15 is 0 Å². The molecule has 2 heteroatoms. The second kappa shape index (κ2) is 9.56. The minimum atomic E-state index is -0.911. The van der Waals surface area contributed by atoms with Crippen molar-refractivity contribution in [1.82, 2.24) is 0 Å². The van der Waals surface area contributed by atoms with Crippen molar-refractivity contribution in [2.75, 3.05) is 0 Å². The quantitative estimate of drug-likeness (QED) is 0.517. The molecule has 2 nitrogen and oxygen atoms in total. The average Bonchev–Trinajstić information content (AvgIpc) is 2.09. The van der Waals surface area contributed by atoms with Gasteiger partial charge >= 0.3 is 0 Å². The molecule has 0 aromatic carbocycles. The third-order valence-electron chi connectivity index (χ3n) is 2.23. The summed E-state index contributed by atoms with van der Waals surface area (Å²) in [6, 6.07) is 0. The number of carboxylic acid groups (broad SMARTS) is 1. The minimum Gasteiger partial charge on any atom is -0.550 e. The molecule has 0 radical (unpaired) electrons. The molecule has 0 unspecified atom stereocenters. The summed E-state index contributed by atoms with van der Waals surface area (Å²) in [5.41, 5.74) is 0. The van der Waals surface area contributed by atoms with Crippen molar-refractivity contribution in [2.24, 2.45) is 0 Å². The van der Waals surface area contributed by atoms with E-state index in [4.69, 9.17) is 0 Å². The maximum atomic E-state index is 10.1. The molecule has 0 aliphatic heterocycles. The normalized spacial score (nSPS) is 10.2. The van der Waals surface area contributed by atoms with E-state index in [2.05, 4.69) is 6.92 Å². The lowest BCUT2D eigenvalue weighted by Gasteiger charge is -2.02. The van der Waals surface area contributed by atoms with Gasteiger partial charge in [0, 0.05) is 5.97 Å². The summed E-state index contributed by atoms with van der Waals surface area (Å²) in [4.78, 5) is 10.1. The largest absolute Gasteiger partial charge is 0.550 e. The molecule has 0 spiro atoms. The first kappa shape index (κ1) is 12.5. The number of rotatable bonds is 9. The van der Waals surface area contributed by atoms with Crippen LogP contribution in [0.4, 0.5) is 0 Å². The Labute approximate surface area is 81.3 Å². The Balaban J connectivity index is 2.87. The molecule has 13 heavy (non-hydrogen) atoms. The number of hydrogen-bond donors (Lipinski definition) is 0. The first-order valence-corrected chi connectivity index (χ1v) is 5.47. The number of aliphatic carboxylic acids is 1. The summed E-state index contributed by atoms with van der Waals surface area (Å²) in [6.07, 6.45) is 9.75. The molecule has 0 N–H and O–H groups in total. The lowest BCUT2D eigenvalue weighted by Crippen LogP contribution is -2.21. The molecule has 0 aliphatic carbocycles. The Hall–Kier alpha value is -0.530. The zero-order chi connectivity index (χ0) is 9.94. The van der Waals surface area contributed by atoms with E-state index in [9.17, 15) is 9.90 Å². The monoisotopic (exact) mass is 185 g/mol. The van der Waals surface area contributed by atoms with Crippen LogP contribution in [0.1, 0.15) is 64.7 Å². The molecule has 0 atom stereocenters. The van der Waals surface area contributed by atoms with Crippen LogP contribution in [0.2, 0.25) is 0 Å². The van der Waals surface area contributed by atoms with Crippen molar-refractivity contribution >= 4 is 5.97 Å². The van der Waals surface area contributed by atoms with E-state index in [1.54, 1.807) is 0 Å². The van der Waals surface area contributed by atoms with Crippen molar-refractivity contribution in [3.63, 3.8) is 0 Å². The maximum absolute atomic E-state index is 10.1. The fraction of sp³-hybridized carbons (Fsp3) is 0.909. The van der Waals surface area contributed by atoms with Gasteiger partial charge in [0.05, 0.1) is 0 Å². The lowest BCUT2D eigenvalue weighted by molar-refractivity contribution is -0.305. The van der Waals surface area contributed by atoms with Crippen LogP contribution in [-0.4, -0.2) is 5.97 Å². The van der Waals surface area contributed by atoms with Crippen LogP contribution in [0.15, 0.2) is 0 Å². The number of carbonyl (C=O) groups excluding carboxylic acids is 1. The second-order valence-electron chi connectivity index (χ2n) is 3.60. The molecule has 0 aromatic rings. The predicted molar refractivity (Wildman–Crippen MR) is 52.2 cm³/mol. The molecule has 0 fully saturated rings. The van der Waals surface area contributed by atoms with Crippen molar-refractivity contribution in [3.8, 4) is 0 Å². The van der Waals surface area contributed by atoms with Gasteiger partial charge in [-0.15, -0.1) is 0 Å². The highest BCUT2D eigenvalue weighted by Gasteiger charge is 1.91. The number of hydrogen-bond acceptors (Lipinski definition) is 2. The Morgan fingerprint density at radius 2 is 1.38 bits per heavy atom. The van der Waals surface area contributed by atoms with Gasteiger partial charge in [-0.2, -0.15) is 0 Å². The highest BCUT2D eigenvalue weighted by Crippen LogP contribution is 2.08. The first-order chi connectivity index (χ1) is 6.27. The highest BCUT2D eigenvalue weighted by atomic mass is 16.4. The van der Waals surface area contributed by atoms with Crippen LogP contribution >= 0.6 is 0 Å². The zero-order valence-electron chi connectivity index (χ0n) is 8.68. The Kier molecular flexibility index (Phi) is 9.17. The van der Waals surface area contributed by atoms with E-state index in [-0.39, 0.29) is 6.42 Å². The Bertz CT molecular complexity index is 121. The van der Waals surface area contributed by atoms with Gasteiger partial charge in [0.1, 0.15) is 0 Å². The highest BCUT2D eigenvalue weighted by molar-refractivity contribution is 5.63. The van der Waals surface area contributed by atoms with Crippen LogP contribution in [0.25, 0.3) is 0 Å². The summed E-state index contributed by atoms with van der Waals surface area (Å²) in [7, 11) is 0. The van der Waals surface area contributed by atoms with Crippen LogP contribution in [0.3, 0.4) is 0 Å². The molecule has 0 aliphatic rings. The predicted octanol–water partition coefficient (Wildman–Crippen LogP) is 2.27. The molecular formula is C11H21O2-. The average molecular weight is 185 g/mol.